The van der Waals surface area contributed by atoms with E-state index in [1.807, 2.05) is 13.8 Å². The maximum absolute atomic E-state index is 11.1. The Morgan fingerprint density at radius 3 is 2.60 bits per heavy atom. The molecular formula is C9H10ClNO3S. The van der Waals surface area contributed by atoms with Crippen molar-refractivity contribution < 1.29 is 10.2 Å². The van der Waals surface area contributed by atoms with E-state index in [4.69, 9.17) is 16.7 Å². The number of nitrogens with one attached hydrogen (secondary N) is 1. The van der Waals surface area contributed by atoms with Crippen molar-refractivity contribution >= 4 is 33.2 Å². The second kappa shape index (κ2) is 4.55. The Labute approximate surface area is 94.9 Å². The minimum atomic E-state index is -0.460. The quantitative estimate of drug-likeness (QED) is 0.627. The second-order valence-corrected chi connectivity index (χ2v) is 3.69. The van der Waals surface area contributed by atoms with E-state index in [2.05, 4.69) is 4.37 Å². The molecule has 0 aliphatic carbocycles. The Balaban J connectivity index is 0.000000531. The molecule has 0 atom stereocenters. The van der Waals surface area contributed by atoms with Crippen molar-refractivity contribution in [1.82, 2.24) is 4.37 Å². The average Bonchev–Trinajstić information content (AvgIpc) is 2.60. The standard InChI is InChI=1S/C7H4ClNO3S.C2H6/c8-5-4-3(13-9-7(4)12)1-2(10)6(5)11;1-2/h1,10-11H,(H,9,12);1-2H3. The van der Waals surface area contributed by atoms with Crippen molar-refractivity contribution in [3.8, 4) is 11.5 Å². The highest BCUT2D eigenvalue weighted by Gasteiger charge is 2.14. The van der Waals surface area contributed by atoms with E-state index in [9.17, 15) is 9.90 Å². The largest absolute Gasteiger partial charge is 0.504 e. The molecule has 1 aromatic carbocycles. The number of halogens is 1. The van der Waals surface area contributed by atoms with Crippen LogP contribution in [0.4, 0.5) is 0 Å². The van der Waals surface area contributed by atoms with Gasteiger partial charge in [0.2, 0.25) is 0 Å². The Kier molecular flexibility index (Phi) is 3.60. The number of rotatable bonds is 0. The topological polar surface area (TPSA) is 73.3 Å². The highest BCUT2D eigenvalue weighted by atomic mass is 35.5. The van der Waals surface area contributed by atoms with E-state index >= 15 is 0 Å². The molecule has 2 aromatic rings. The molecule has 0 amide bonds. The number of aromatic amines is 1. The van der Waals surface area contributed by atoms with Crippen LogP contribution >= 0.6 is 23.1 Å². The zero-order chi connectivity index (χ0) is 11.6. The summed E-state index contributed by atoms with van der Waals surface area (Å²) >= 11 is 6.71. The van der Waals surface area contributed by atoms with Gasteiger partial charge in [-0.1, -0.05) is 37.0 Å². The highest BCUT2D eigenvalue weighted by Crippen LogP contribution is 2.38. The van der Waals surface area contributed by atoms with Crippen LogP contribution in [0.2, 0.25) is 5.02 Å². The lowest BCUT2D eigenvalue weighted by Crippen LogP contribution is -1.96. The number of phenols is 2. The van der Waals surface area contributed by atoms with E-state index in [-0.39, 0.29) is 21.7 Å². The number of aromatic hydroxyl groups is 2. The molecule has 0 radical (unpaired) electrons. The van der Waals surface area contributed by atoms with Gasteiger partial charge in [0.1, 0.15) is 5.02 Å². The van der Waals surface area contributed by atoms with Gasteiger partial charge in [0.25, 0.3) is 5.56 Å². The minimum absolute atomic E-state index is 0.113. The molecule has 0 fully saturated rings. The lowest BCUT2D eigenvalue weighted by molar-refractivity contribution is 0.405. The second-order valence-electron chi connectivity index (χ2n) is 2.46. The molecule has 2 rings (SSSR count). The van der Waals surface area contributed by atoms with Crippen molar-refractivity contribution in [2.24, 2.45) is 0 Å². The van der Waals surface area contributed by atoms with Crippen LogP contribution in [0.25, 0.3) is 10.1 Å². The van der Waals surface area contributed by atoms with Crippen molar-refractivity contribution in [3.05, 3.63) is 21.4 Å². The third kappa shape index (κ3) is 1.93. The summed E-state index contributed by atoms with van der Waals surface area (Å²) in [4.78, 5) is 11.1. The van der Waals surface area contributed by atoms with Crippen LogP contribution in [0.1, 0.15) is 13.8 Å². The predicted molar refractivity (Wildman–Crippen MR) is 62.1 cm³/mol. The molecule has 0 aliphatic rings. The Morgan fingerprint density at radius 2 is 2.00 bits per heavy atom. The molecule has 0 saturated carbocycles. The van der Waals surface area contributed by atoms with Crippen LogP contribution in [-0.4, -0.2) is 14.6 Å². The third-order valence-electron chi connectivity index (χ3n) is 1.66. The van der Waals surface area contributed by atoms with Gasteiger partial charge in [-0.15, -0.1) is 0 Å². The van der Waals surface area contributed by atoms with E-state index in [1.165, 1.54) is 6.07 Å². The Hall–Kier alpha value is -1.20. The van der Waals surface area contributed by atoms with Gasteiger partial charge in [-0.25, -0.2) is 0 Å². The van der Waals surface area contributed by atoms with Crippen LogP contribution in [0.3, 0.4) is 0 Å². The molecule has 0 saturated heterocycles. The molecular weight excluding hydrogens is 238 g/mol. The number of phenolic OH excluding ortho intramolecular Hbond substituents is 2. The fourth-order valence-electron chi connectivity index (χ4n) is 1.05. The van der Waals surface area contributed by atoms with Crippen molar-refractivity contribution in [2.45, 2.75) is 13.8 Å². The predicted octanol–water partition coefficient (Wildman–Crippen LogP) is 2.68. The fraction of sp³-hybridized carbons (Fsp3) is 0.222. The van der Waals surface area contributed by atoms with Crippen molar-refractivity contribution in [3.63, 3.8) is 0 Å². The smallest absolute Gasteiger partial charge is 0.267 e. The summed E-state index contributed by atoms with van der Waals surface area (Å²) in [7, 11) is 0. The molecule has 0 spiro atoms. The Morgan fingerprint density at radius 1 is 1.40 bits per heavy atom. The van der Waals surface area contributed by atoms with E-state index in [0.717, 1.165) is 11.5 Å². The summed E-state index contributed by atoms with van der Waals surface area (Å²) in [5.74, 6) is -0.786. The van der Waals surface area contributed by atoms with Crippen LogP contribution in [0, 0.1) is 0 Å². The van der Waals surface area contributed by atoms with Crippen molar-refractivity contribution in [1.29, 1.82) is 0 Å². The average molecular weight is 248 g/mol. The van der Waals surface area contributed by atoms with Crippen LogP contribution in [-0.2, 0) is 0 Å². The monoisotopic (exact) mass is 247 g/mol. The summed E-state index contributed by atoms with van der Waals surface area (Å²) in [6.07, 6.45) is 0. The maximum Gasteiger partial charge on any atom is 0.267 e. The summed E-state index contributed by atoms with van der Waals surface area (Å²) in [5.41, 5.74) is -0.361. The molecule has 82 valence electrons. The van der Waals surface area contributed by atoms with E-state index in [0.29, 0.717) is 4.70 Å². The maximum atomic E-state index is 11.1. The molecule has 3 N–H and O–H groups in total. The SMILES string of the molecule is CC.O=c1[nH]sc2cc(O)c(O)c(Cl)c12. The van der Waals surface area contributed by atoms with Gasteiger partial charge in [0.05, 0.1) is 10.1 Å². The molecule has 6 heteroatoms. The van der Waals surface area contributed by atoms with Gasteiger partial charge in [-0.3, -0.25) is 9.17 Å². The number of aromatic nitrogens is 1. The van der Waals surface area contributed by atoms with Gasteiger partial charge in [-0.2, -0.15) is 0 Å². The number of fused-ring (bicyclic) bond motifs is 1. The summed E-state index contributed by atoms with van der Waals surface area (Å²) in [6, 6.07) is 1.29. The lowest BCUT2D eigenvalue weighted by Gasteiger charge is -1.99. The first-order chi connectivity index (χ1) is 7.11. The summed E-state index contributed by atoms with van der Waals surface area (Å²) < 4.78 is 2.97. The van der Waals surface area contributed by atoms with Gasteiger partial charge in [0, 0.05) is 6.07 Å². The molecule has 1 heterocycles. The fourth-order valence-corrected chi connectivity index (χ4v) is 2.16. The summed E-state index contributed by atoms with van der Waals surface area (Å²) in [6.45, 7) is 4.00. The van der Waals surface area contributed by atoms with Gasteiger partial charge in [-0.05, 0) is 0 Å². The first-order valence-corrected chi connectivity index (χ1v) is 5.52. The first-order valence-electron chi connectivity index (χ1n) is 4.33. The molecule has 15 heavy (non-hydrogen) atoms. The van der Waals surface area contributed by atoms with Gasteiger partial charge in [0.15, 0.2) is 11.5 Å². The number of benzene rings is 1. The number of H-pyrrole nitrogens is 1. The number of hydrogen-bond donors (Lipinski definition) is 3. The molecule has 0 bridgehead atoms. The molecule has 0 aliphatic heterocycles. The first kappa shape index (κ1) is 11.9. The lowest BCUT2D eigenvalue weighted by atomic mass is 10.2. The van der Waals surface area contributed by atoms with Crippen molar-refractivity contribution in [2.75, 3.05) is 0 Å². The molecule has 1 aromatic heterocycles. The Bertz CT molecular complexity index is 532. The summed E-state index contributed by atoms with van der Waals surface area (Å²) in [5, 5.41) is 18.5. The normalized spacial score (nSPS) is 9.80. The van der Waals surface area contributed by atoms with Crippen LogP contribution in [0.15, 0.2) is 10.9 Å². The zero-order valence-corrected chi connectivity index (χ0v) is 9.74. The van der Waals surface area contributed by atoms with E-state index in [1.54, 1.807) is 0 Å². The zero-order valence-electron chi connectivity index (χ0n) is 8.17. The minimum Gasteiger partial charge on any atom is -0.504 e. The van der Waals surface area contributed by atoms with Gasteiger partial charge < -0.3 is 10.2 Å². The van der Waals surface area contributed by atoms with E-state index < -0.39 is 5.75 Å². The van der Waals surface area contributed by atoms with Crippen LogP contribution in [0.5, 0.6) is 11.5 Å². The highest BCUT2D eigenvalue weighted by molar-refractivity contribution is 7.13. The molecule has 4 nitrogen and oxygen atoms in total. The van der Waals surface area contributed by atoms with Gasteiger partial charge >= 0.3 is 0 Å². The third-order valence-corrected chi connectivity index (χ3v) is 2.86. The van der Waals surface area contributed by atoms with Crippen LogP contribution < -0.4 is 5.56 Å². The molecule has 0 unspecified atom stereocenters. The number of hydrogen-bond acceptors (Lipinski definition) is 4.